The molecule has 2 aliphatic heterocycles. The van der Waals surface area contributed by atoms with E-state index in [9.17, 15) is 13.2 Å². The molecule has 1 saturated heterocycles. The first-order chi connectivity index (χ1) is 11.7. The molecule has 0 bridgehead atoms. The lowest BCUT2D eigenvalue weighted by Gasteiger charge is -2.28. The van der Waals surface area contributed by atoms with Crippen molar-refractivity contribution >= 4 is 15.9 Å². The average Bonchev–Trinajstić information content (AvgIpc) is 2.87. The maximum atomic E-state index is 13.0. The molecule has 7 heteroatoms. The molecular formula is C18H26N2O4S. The highest BCUT2D eigenvalue weighted by Gasteiger charge is 2.32. The van der Waals surface area contributed by atoms with E-state index in [1.165, 1.54) is 4.31 Å². The zero-order chi connectivity index (χ0) is 18.2. The minimum Gasteiger partial charge on any atom is -0.493 e. The highest BCUT2D eigenvalue weighted by atomic mass is 32.2. The average molecular weight is 366 g/mol. The molecule has 0 N–H and O–H groups in total. The quantitative estimate of drug-likeness (QED) is 0.802. The molecule has 138 valence electrons. The molecule has 0 aromatic heterocycles. The van der Waals surface area contributed by atoms with E-state index in [4.69, 9.17) is 4.74 Å². The minimum atomic E-state index is -3.55. The normalized spacial score (nSPS) is 19.2. The van der Waals surface area contributed by atoms with Gasteiger partial charge in [-0.3, -0.25) is 4.79 Å². The number of carbonyl (C=O) groups is 1. The first-order valence-corrected chi connectivity index (χ1v) is 10.2. The Bertz CT molecular complexity index is 768. The van der Waals surface area contributed by atoms with Crippen LogP contribution in [0.2, 0.25) is 0 Å². The van der Waals surface area contributed by atoms with Crippen LogP contribution in [0.25, 0.3) is 0 Å². The van der Waals surface area contributed by atoms with Crippen LogP contribution in [0.3, 0.4) is 0 Å². The van der Waals surface area contributed by atoms with Crippen LogP contribution in [0.15, 0.2) is 23.1 Å². The molecule has 1 aromatic carbocycles. The molecule has 0 spiro atoms. The first-order valence-electron chi connectivity index (χ1n) is 8.75. The van der Waals surface area contributed by atoms with E-state index in [-0.39, 0.29) is 5.91 Å². The fourth-order valence-corrected chi connectivity index (χ4v) is 4.80. The van der Waals surface area contributed by atoms with Crippen molar-refractivity contribution in [2.75, 3.05) is 32.8 Å². The van der Waals surface area contributed by atoms with Crippen molar-refractivity contribution in [2.24, 2.45) is 5.41 Å². The van der Waals surface area contributed by atoms with Crippen molar-refractivity contribution in [3.05, 3.63) is 23.8 Å². The summed E-state index contributed by atoms with van der Waals surface area (Å²) in [7, 11) is -3.55. The zero-order valence-corrected chi connectivity index (χ0v) is 15.9. The number of ether oxygens (including phenoxy) is 1. The highest BCUT2D eigenvalue weighted by molar-refractivity contribution is 7.89. The molecule has 0 aliphatic carbocycles. The van der Waals surface area contributed by atoms with Crippen molar-refractivity contribution in [1.82, 2.24) is 9.21 Å². The molecule has 1 aromatic rings. The third-order valence-electron chi connectivity index (χ3n) is 4.68. The lowest BCUT2D eigenvalue weighted by molar-refractivity contribution is -0.139. The Hall–Kier alpha value is -1.60. The Morgan fingerprint density at radius 3 is 2.60 bits per heavy atom. The summed E-state index contributed by atoms with van der Waals surface area (Å²) in [4.78, 5) is 14.6. The van der Waals surface area contributed by atoms with Crippen molar-refractivity contribution < 1.29 is 17.9 Å². The number of nitrogens with zero attached hydrogens (tertiary/aromatic N) is 2. The van der Waals surface area contributed by atoms with Gasteiger partial charge in [0.15, 0.2) is 0 Å². The molecule has 25 heavy (non-hydrogen) atoms. The van der Waals surface area contributed by atoms with Gasteiger partial charge in [0.1, 0.15) is 5.75 Å². The van der Waals surface area contributed by atoms with Crippen molar-refractivity contribution in [1.29, 1.82) is 0 Å². The summed E-state index contributed by atoms with van der Waals surface area (Å²) in [6.45, 7) is 8.07. The van der Waals surface area contributed by atoms with Crippen LogP contribution in [0.4, 0.5) is 0 Å². The summed E-state index contributed by atoms with van der Waals surface area (Å²) in [5.74, 6) is 0.846. The fraction of sp³-hybridized carbons (Fsp3) is 0.611. The van der Waals surface area contributed by atoms with Crippen LogP contribution in [-0.2, 0) is 21.2 Å². The molecule has 1 amide bonds. The molecule has 0 radical (unpaired) electrons. The smallest absolute Gasteiger partial charge is 0.243 e. The monoisotopic (exact) mass is 366 g/mol. The van der Waals surface area contributed by atoms with E-state index < -0.39 is 15.4 Å². The molecule has 0 atom stereocenters. The Morgan fingerprint density at radius 1 is 1.12 bits per heavy atom. The molecule has 2 aliphatic rings. The second-order valence-corrected chi connectivity index (χ2v) is 9.61. The van der Waals surface area contributed by atoms with Gasteiger partial charge < -0.3 is 9.64 Å². The predicted molar refractivity (Wildman–Crippen MR) is 95.1 cm³/mol. The van der Waals surface area contributed by atoms with Crippen molar-refractivity contribution in [2.45, 2.75) is 38.5 Å². The summed E-state index contributed by atoms with van der Waals surface area (Å²) < 4.78 is 32.9. The molecule has 0 saturated carbocycles. The van der Waals surface area contributed by atoms with E-state index in [2.05, 4.69) is 0 Å². The van der Waals surface area contributed by atoms with Crippen LogP contribution in [0.1, 0.15) is 32.8 Å². The van der Waals surface area contributed by atoms with Crippen LogP contribution in [-0.4, -0.2) is 56.3 Å². The van der Waals surface area contributed by atoms with Crippen LogP contribution >= 0.6 is 0 Å². The van der Waals surface area contributed by atoms with E-state index in [1.54, 1.807) is 23.1 Å². The lowest BCUT2D eigenvalue weighted by Crippen LogP contribution is -2.42. The number of carbonyl (C=O) groups excluding carboxylic acids is 1. The number of hydrogen-bond acceptors (Lipinski definition) is 4. The SMILES string of the molecule is CC(C)(C)C(=O)N1CCCN(S(=O)(=O)c2ccc3c(c2)CCO3)CC1. The van der Waals surface area contributed by atoms with Gasteiger partial charge in [-0.25, -0.2) is 8.42 Å². The molecular weight excluding hydrogens is 340 g/mol. The Labute approximate surface area is 149 Å². The number of hydrogen-bond donors (Lipinski definition) is 0. The fourth-order valence-electron chi connectivity index (χ4n) is 3.28. The van der Waals surface area contributed by atoms with Gasteiger partial charge in [0.25, 0.3) is 0 Å². The number of benzene rings is 1. The third-order valence-corrected chi connectivity index (χ3v) is 6.58. The van der Waals surface area contributed by atoms with E-state index >= 15 is 0 Å². The number of rotatable bonds is 2. The summed E-state index contributed by atoms with van der Waals surface area (Å²) in [5.41, 5.74) is 0.494. The third kappa shape index (κ3) is 3.67. The second-order valence-electron chi connectivity index (χ2n) is 7.67. The maximum Gasteiger partial charge on any atom is 0.243 e. The second kappa shape index (κ2) is 6.61. The Balaban J connectivity index is 1.76. The topological polar surface area (TPSA) is 66.9 Å². The van der Waals surface area contributed by atoms with E-state index in [0.717, 1.165) is 17.7 Å². The largest absolute Gasteiger partial charge is 0.493 e. The van der Waals surface area contributed by atoms with Gasteiger partial charge in [-0.15, -0.1) is 0 Å². The van der Waals surface area contributed by atoms with Crippen molar-refractivity contribution in [3.63, 3.8) is 0 Å². The summed E-state index contributed by atoms with van der Waals surface area (Å²) >= 11 is 0. The van der Waals surface area contributed by atoms with Gasteiger partial charge in [0.2, 0.25) is 15.9 Å². The molecule has 1 fully saturated rings. The number of amides is 1. The zero-order valence-electron chi connectivity index (χ0n) is 15.1. The maximum absolute atomic E-state index is 13.0. The van der Waals surface area contributed by atoms with Gasteiger partial charge in [-0.05, 0) is 30.2 Å². The Kier molecular flexibility index (Phi) is 4.81. The molecule has 6 nitrogen and oxygen atoms in total. The molecule has 0 unspecified atom stereocenters. The number of fused-ring (bicyclic) bond motifs is 1. The van der Waals surface area contributed by atoms with Crippen LogP contribution in [0.5, 0.6) is 5.75 Å². The molecule has 3 rings (SSSR count). The number of sulfonamides is 1. The van der Waals surface area contributed by atoms with Gasteiger partial charge in [0, 0.05) is 38.0 Å². The van der Waals surface area contributed by atoms with Crippen LogP contribution < -0.4 is 4.74 Å². The highest BCUT2D eigenvalue weighted by Crippen LogP contribution is 2.29. The summed E-state index contributed by atoms with van der Waals surface area (Å²) in [6, 6.07) is 5.07. The Morgan fingerprint density at radius 2 is 1.88 bits per heavy atom. The minimum absolute atomic E-state index is 0.0708. The lowest BCUT2D eigenvalue weighted by atomic mass is 9.94. The first kappa shape index (κ1) is 18.2. The van der Waals surface area contributed by atoms with Crippen LogP contribution in [0, 0.1) is 5.41 Å². The van der Waals surface area contributed by atoms with E-state index in [1.807, 2.05) is 20.8 Å². The summed E-state index contributed by atoms with van der Waals surface area (Å²) in [6.07, 6.45) is 1.39. The van der Waals surface area contributed by atoms with E-state index in [0.29, 0.717) is 44.1 Å². The van der Waals surface area contributed by atoms with Gasteiger partial charge in [-0.1, -0.05) is 20.8 Å². The van der Waals surface area contributed by atoms with Gasteiger partial charge >= 0.3 is 0 Å². The standard InChI is InChI=1S/C18H26N2O4S/c1-18(2,3)17(21)19-8-4-9-20(11-10-19)25(22,23)15-5-6-16-14(13-15)7-12-24-16/h5-6,13H,4,7-12H2,1-3H3. The van der Waals surface area contributed by atoms with Gasteiger partial charge in [0.05, 0.1) is 11.5 Å². The summed E-state index contributed by atoms with van der Waals surface area (Å²) in [5, 5.41) is 0. The molecule has 2 heterocycles. The van der Waals surface area contributed by atoms with Gasteiger partial charge in [-0.2, -0.15) is 4.31 Å². The predicted octanol–water partition coefficient (Wildman–Crippen LogP) is 1.89. The van der Waals surface area contributed by atoms with Crippen molar-refractivity contribution in [3.8, 4) is 5.75 Å².